The molecule has 0 aromatic carbocycles. The van der Waals surface area contributed by atoms with E-state index in [-0.39, 0.29) is 29.4 Å². The third kappa shape index (κ3) is 4.82. The normalized spacial score (nSPS) is 12.7. The van der Waals surface area contributed by atoms with E-state index in [0.29, 0.717) is 33.4 Å². The Morgan fingerprint density at radius 2 is 1.95 bits per heavy atom. The van der Waals surface area contributed by atoms with Crippen molar-refractivity contribution in [2.24, 2.45) is 7.05 Å². The van der Waals surface area contributed by atoms with E-state index >= 15 is 0 Å². The molecular weight excluding hydrogens is 540 g/mol. The summed E-state index contributed by atoms with van der Waals surface area (Å²) in [7, 11) is 2.98. The Morgan fingerprint density at radius 3 is 2.66 bits per heavy atom. The smallest absolute Gasteiger partial charge is 0.282 e. The minimum absolute atomic E-state index is 0.127. The number of aryl methyl sites for hydroxylation is 2. The van der Waals surface area contributed by atoms with E-state index in [9.17, 15) is 18.4 Å². The van der Waals surface area contributed by atoms with Gasteiger partial charge in [0.2, 0.25) is 0 Å². The average molecular weight is 560 g/mol. The number of methoxy groups -OCH3 is 1. The highest BCUT2D eigenvalue weighted by molar-refractivity contribution is 7.16. The summed E-state index contributed by atoms with van der Waals surface area (Å²) in [6.07, 6.45) is 1.36. The van der Waals surface area contributed by atoms with Crippen LogP contribution in [-0.4, -0.2) is 48.6 Å². The van der Waals surface area contributed by atoms with Gasteiger partial charge in [-0.15, -0.1) is 0 Å². The minimum Gasteiger partial charge on any atom is -0.494 e. The first-order valence-electron chi connectivity index (χ1n) is 11.2. The molecule has 14 heteroatoms. The first-order chi connectivity index (χ1) is 18.1. The number of hydrogen-bond donors (Lipinski definition) is 1. The van der Waals surface area contributed by atoms with Gasteiger partial charge in [0.15, 0.2) is 5.13 Å². The molecule has 0 fully saturated rings. The molecule has 10 nitrogen and oxygen atoms in total. The lowest BCUT2D eigenvalue weighted by Gasteiger charge is -2.15. The Kier molecular flexibility index (Phi) is 6.80. The van der Waals surface area contributed by atoms with Gasteiger partial charge in [0.1, 0.15) is 16.6 Å². The number of fused-ring (bicyclic) bond motifs is 1. The zero-order valence-electron chi connectivity index (χ0n) is 20.3. The number of halogens is 3. The van der Waals surface area contributed by atoms with Crippen LogP contribution in [0.1, 0.15) is 49.1 Å². The van der Waals surface area contributed by atoms with Crippen LogP contribution in [-0.2, 0) is 20.1 Å². The molecule has 0 radical (unpaired) electrons. The third-order valence-electron chi connectivity index (χ3n) is 5.88. The van der Waals surface area contributed by atoms with Crippen molar-refractivity contribution in [1.29, 1.82) is 0 Å². The van der Waals surface area contributed by atoms with Gasteiger partial charge in [0.25, 0.3) is 18.2 Å². The van der Waals surface area contributed by atoms with Crippen LogP contribution in [0.25, 0.3) is 11.1 Å². The number of hydrogen-bond acceptors (Lipinski definition) is 8. The van der Waals surface area contributed by atoms with Gasteiger partial charge in [-0.05, 0) is 19.1 Å². The number of carbonyl (C=O) groups excluding carboxylic acids is 2. The van der Waals surface area contributed by atoms with Crippen molar-refractivity contribution in [2.45, 2.75) is 26.4 Å². The second-order valence-electron chi connectivity index (χ2n) is 8.49. The van der Waals surface area contributed by atoms with Crippen LogP contribution in [0.4, 0.5) is 13.9 Å². The Labute approximate surface area is 224 Å². The molecule has 0 spiro atoms. The molecule has 4 aromatic heterocycles. The summed E-state index contributed by atoms with van der Waals surface area (Å²) in [4.78, 5) is 41.1. The van der Waals surface area contributed by atoms with E-state index in [2.05, 4.69) is 25.4 Å². The number of amides is 2. The average Bonchev–Trinajstić information content (AvgIpc) is 3.56. The van der Waals surface area contributed by atoms with Gasteiger partial charge < -0.3 is 9.64 Å². The molecule has 0 saturated heterocycles. The van der Waals surface area contributed by atoms with Crippen molar-refractivity contribution in [3.63, 3.8) is 0 Å². The van der Waals surface area contributed by atoms with E-state index in [1.165, 1.54) is 53.7 Å². The molecular formula is C24H20ClF2N7O3S. The molecule has 0 unspecified atom stereocenters. The van der Waals surface area contributed by atoms with Crippen LogP contribution in [0, 0.1) is 6.92 Å². The first kappa shape index (κ1) is 25.7. The Bertz CT molecular complexity index is 1550. The molecule has 0 saturated carbocycles. The van der Waals surface area contributed by atoms with Gasteiger partial charge >= 0.3 is 0 Å². The van der Waals surface area contributed by atoms with Crippen LogP contribution < -0.4 is 10.1 Å². The minimum atomic E-state index is -2.86. The van der Waals surface area contributed by atoms with Crippen LogP contribution in [0.3, 0.4) is 0 Å². The molecule has 0 bridgehead atoms. The summed E-state index contributed by atoms with van der Waals surface area (Å²) in [6.45, 7) is 2.11. The second kappa shape index (κ2) is 10.1. The molecule has 1 N–H and O–H groups in total. The summed E-state index contributed by atoms with van der Waals surface area (Å²) in [6, 6.07) is 3.36. The maximum Gasteiger partial charge on any atom is 0.282 e. The van der Waals surface area contributed by atoms with E-state index in [0.717, 1.165) is 4.88 Å². The lowest BCUT2D eigenvalue weighted by Crippen LogP contribution is -2.26. The van der Waals surface area contributed by atoms with Crippen LogP contribution in [0.2, 0.25) is 5.15 Å². The number of anilines is 1. The maximum absolute atomic E-state index is 13.3. The highest BCUT2D eigenvalue weighted by atomic mass is 35.5. The standard InChI is InChI=1S/C24H20ClF2N7O3S/c1-11-4-12(13-5-19(25)29-7-17(13)37-3)14(6-28-11)22(35)31-24-30-16-9-34(10-18(16)38-24)23(36)15-8-33(2)32-20(15)21(26)27/h4-8,21H,9-10H2,1-3H3,(H,30,31,35). The largest absolute Gasteiger partial charge is 0.494 e. The van der Waals surface area contributed by atoms with Gasteiger partial charge in [0, 0.05) is 36.3 Å². The van der Waals surface area contributed by atoms with Crippen molar-refractivity contribution in [1.82, 2.24) is 29.6 Å². The number of nitrogens with one attached hydrogen (secondary N) is 1. The summed E-state index contributed by atoms with van der Waals surface area (Å²) < 4.78 is 33.2. The molecule has 38 heavy (non-hydrogen) atoms. The molecule has 5 heterocycles. The fourth-order valence-electron chi connectivity index (χ4n) is 4.16. The quantitative estimate of drug-likeness (QED) is 0.342. The Balaban J connectivity index is 1.36. The van der Waals surface area contributed by atoms with Crippen LogP contribution >= 0.6 is 22.9 Å². The van der Waals surface area contributed by atoms with Gasteiger partial charge in [-0.1, -0.05) is 22.9 Å². The molecule has 0 aliphatic carbocycles. The maximum atomic E-state index is 13.3. The monoisotopic (exact) mass is 559 g/mol. The lowest BCUT2D eigenvalue weighted by molar-refractivity contribution is 0.0738. The van der Waals surface area contributed by atoms with E-state index in [1.54, 1.807) is 19.1 Å². The lowest BCUT2D eigenvalue weighted by atomic mass is 10.0. The zero-order valence-corrected chi connectivity index (χ0v) is 21.9. The zero-order chi connectivity index (χ0) is 27.1. The van der Waals surface area contributed by atoms with Crippen molar-refractivity contribution in [3.8, 4) is 16.9 Å². The SMILES string of the molecule is COc1cnc(Cl)cc1-c1cc(C)ncc1C(=O)Nc1nc2c(s1)CN(C(=O)c1cn(C)nc1C(F)F)C2. The Morgan fingerprint density at radius 1 is 1.16 bits per heavy atom. The topological polar surface area (TPSA) is 115 Å². The highest BCUT2D eigenvalue weighted by Crippen LogP contribution is 2.36. The number of nitrogens with zero attached hydrogens (tertiary/aromatic N) is 6. The van der Waals surface area contributed by atoms with Gasteiger partial charge in [-0.2, -0.15) is 5.10 Å². The number of carbonyl (C=O) groups is 2. The third-order valence-corrected chi connectivity index (χ3v) is 7.09. The van der Waals surface area contributed by atoms with E-state index < -0.39 is 23.9 Å². The molecule has 1 aliphatic rings. The molecule has 2 amide bonds. The van der Waals surface area contributed by atoms with Crippen LogP contribution in [0.5, 0.6) is 5.75 Å². The number of alkyl halides is 2. The molecule has 1 aliphatic heterocycles. The van der Waals surface area contributed by atoms with E-state index in [1.807, 2.05) is 0 Å². The van der Waals surface area contributed by atoms with Crippen molar-refractivity contribution in [2.75, 3.05) is 12.4 Å². The molecule has 0 atom stereocenters. The summed E-state index contributed by atoms with van der Waals surface area (Å²) in [5.41, 5.74) is 2.00. The number of rotatable bonds is 6. The Hall–Kier alpha value is -3.97. The molecule has 5 rings (SSSR count). The summed E-state index contributed by atoms with van der Waals surface area (Å²) in [5.74, 6) is -0.556. The molecule has 196 valence electrons. The second-order valence-corrected chi connectivity index (χ2v) is 9.96. The van der Waals surface area contributed by atoms with Gasteiger partial charge in [-0.3, -0.25) is 24.6 Å². The first-order valence-corrected chi connectivity index (χ1v) is 12.4. The van der Waals surface area contributed by atoms with Crippen molar-refractivity contribution in [3.05, 3.63) is 69.0 Å². The van der Waals surface area contributed by atoms with Crippen LogP contribution in [0.15, 0.2) is 30.7 Å². The number of thiazole rings is 1. The summed E-state index contributed by atoms with van der Waals surface area (Å²) in [5, 5.41) is 7.08. The van der Waals surface area contributed by atoms with Crippen molar-refractivity contribution < 1.29 is 23.1 Å². The van der Waals surface area contributed by atoms with Gasteiger partial charge in [-0.25, -0.2) is 18.7 Å². The number of ether oxygens (including phenoxy) is 1. The fourth-order valence-corrected chi connectivity index (χ4v) is 5.30. The van der Waals surface area contributed by atoms with Gasteiger partial charge in [0.05, 0.1) is 48.1 Å². The predicted molar refractivity (Wildman–Crippen MR) is 136 cm³/mol. The number of pyridine rings is 2. The number of aromatic nitrogens is 5. The summed E-state index contributed by atoms with van der Waals surface area (Å²) >= 11 is 7.31. The highest BCUT2D eigenvalue weighted by Gasteiger charge is 2.32. The van der Waals surface area contributed by atoms with E-state index in [4.69, 9.17) is 16.3 Å². The fraction of sp³-hybridized carbons (Fsp3) is 0.250. The van der Waals surface area contributed by atoms with Crippen molar-refractivity contribution >= 4 is 39.9 Å². The predicted octanol–water partition coefficient (Wildman–Crippen LogP) is 4.65. The molecule has 4 aromatic rings.